The van der Waals surface area contributed by atoms with Gasteiger partial charge < -0.3 is 24.1 Å². The quantitative estimate of drug-likeness (QED) is 0.358. The third kappa shape index (κ3) is 6.95. The highest BCUT2D eigenvalue weighted by Crippen LogP contribution is 2.33. The number of aliphatic hydroxyl groups is 1. The summed E-state index contributed by atoms with van der Waals surface area (Å²) in [7, 11) is 1.56. The first-order valence-corrected chi connectivity index (χ1v) is 10.6. The lowest BCUT2D eigenvalue weighted by atomic mass is 10.1. The molecule has 0 aromatic heterocycles. The number of aliphatic hydroxyl groups excluding tert-OH is 1. The topological polar surface area (TPSA) is 91.3 Å². The van der Waals surface area contributed by atoms with E-state index in [1.165, 1.54) is 19.9 Å². The molecule has 0 aliphatic rings. The first-order valence-electron chi connectivity index (χ1n) is 10.6. The van der Waals surface area contributed by atoms with Gasteiger partial charge in [-0.3, -0.25) is 9.59 Å². The number of carbonyl (C=O) groups excluding carboxylic acids is 2. The molecule has 0 amide bonds. The predicted molar refractivity (Wildman–Crippen MR) is 127 cm³/mol. The van der Waals surface area contributed by atoms with Crippen molar-refractivity contribution in [3.63, 3.8) is 0 Å². The van der Waals surface area contributed by atoms with Crippen LogP contribution in [0.3, 0.4) is 0 Å². The van der Waals surface area contributed by atoms with Gasteiger partial charge in [0.05, 0.1) is 7.11 Å². The Labute approximate surface area is 198 Å². The number of esters is 2. The van der Waals surface area contributed by atoms with Crippen molar-refractivity contribution in [2.45, 2.75) is 26.6 Å². The molecule has 3 aromatic rings. The van der Waals surface area contributed by atoms with Crippen LogP contribution in [0.15, 0.2) is 72.8 Å². The zero-order valence-electron chi connectivity index (χ0n) is 19.2. The van der Waals surface area contributed by atoms with Crippen molar-refractivity contribution in [1.82, 2.24) is 0 Å². The summed E-state index contributed by atoms with van der Waals surface area (Å²) >= 11 is 0. The lowest BCUT2D eigenvalue weighted by Crippen LogP contribution is -2.05. The van der Waals surface area contributed by atoms with Crippen molar-refractivity contribution in [1.29, 1.82) is 0 Å². The number of carbonyl (C=O) groups is 2. The van der Waals surface area contributed by atoms with Crippen molar-refractivity contribution in [3.05, 3.63) is 89.5 Å². The van der Waals surface area contributed by atoms with E-state index in [4.69, 9.17) is 18.9 Å². The van der Waals surface area contributed by atoms with E-state index < -0.39 is 18.0 Å². The third-order valence-electron chi connectivity index (χ3n) is 4.73. The molecule has 0 heterocycles. The fourth-order valence-electron chi connectivity index (χ4n) is 3.17. The fourth-order valence-corrected chi connectivity index (χ4v) is 3.17. The zero-order valence-corrected chi connectivity index (χ0v) is 19.2. The molecule has 0 radical (unpaired) electrons. The Kier molecular flexibility index (Phi) is 8.43. The highest BCUT2D eigenvalue weighted by molar-refractivity contribution is 5.74. The van der Waals surface area contributed by atoms with Crippen LogP contribution in [0.2, 0.25) is 0 Å². The summed E-state index contributed by atoms with van der Waals surface area (Å²) in [6, 6.07) is 19.5. The first-order chi connectivity index (χ1) is 16.4. The van der Waals surface area contributed by atoms with Crippen LogP contribution in [0, 0.1) is 0 Å². The molecule has 1 unspecified atom stereocenters. The second kappa shape index (κ2) is 11.7. The molecule has 0 saturated carbocycles. The Morgan fingerprint density at radius 3 is 2.24 bits per heavy atom. The summed E-state index contributed by atoms with van der Waals surface area (Å²) in [4.78, 5) is 22.7. The first kappa shape index (κ1) is 24.5. The van der Waals surface area contributed by atoms with Crippen LogP contribution in [-0.2, 0) is 16.2 Å². The van der Waals surface area contributed by atoms with Gasteiger partial charge in [0.1, 0.15) is 35.7 Å². The summed E-state index contributed by atoms with van der Waals surface area (Å²) in [5.74, 6) is 0.502. The molecule has 3 aromatic carbocycles. The molecule has 3 rings (SSSR count). The van der Waals surface area contributed by atoms with Gasteiger partial charge in [-0.1, -0.05) is 42.5 Å². The van der Waals surface area contributed by atoms with E-state index in [9.17, 15) is 14.7 Å². The van der Waals surface area contributed by atoms with Crippen LogP contribution in [0.5, 0.6) is 23.0 Å². The SMILES string of the molecule is COc1ccc(C(O)C=Cc2ccc(OC(C)=O)cc2OC(C)=O)c(OCc2ccccc2)c1. The van der Waals surface area contributed by atoms with Crippen LogP contribution >= 0.6 is 0 Å². The lowest BCUT2D eigenvalue weighted by Gasteiger charge is -2.16. The van der Waals surface area contributed by atoms with Gasteiger partial charge in [0.2, 0.25) is 0 Å². The van der Waals surface area contributed by atoms with Crippen molar-refractivity contribution in [2.24, 2.45) is 0 Å². The molecule has 0 bridgehead atoms. The highest BCUT2D eigenvalue weighted by atomic mass is 16.5. The monoisotopic (exact) mass is 462 g/mol. The van der Waals surface area contributed by atoms with Crippen molar-refractivity contribution >= 4 is 18.0 Å². The molecule has 34 heavy (non-hydrogen) atoms. The number of benzene rings is 3. The van der Waals surface area contributed by atoms with Crippen LogP contribution in [-0.4, -0.2) is 24.2 Å². The summed E-state index contributed by atoms with van der Waals surface area (Å²) in [5.41, 5.74) is 2.05. The number of methoxy groups -OCH3 is 1. The minimum atomic E-state index is -1.02. The fraction of sp³-hybridized carbons (Fsp3) is 0.185. The van der Waals surface area contributed by atoms with Gasteiger partial charge in [-0.2, -0.15) is 0 Å². The summed E-state index contributed by atoms with van der Waals surface area (Å²) in [6.45, 7) is 2.88. The summed E-state index contributed by atoms with van der Waals surface area (Å²) < 4.78 is 21.6. The predicted octanol–water partition coefficient (Wildman–Crippen LogP) is 4.87. The van der Waals surface area contributed by atoms with Gasteiger partial charge in [-0.25, -0.2) is 0 Å². The molecule has 7 heteroatoms. The normalized spacial score (nSPS) is 11.6. The number of hydrogen-bond donors (Lipinski definition) is 1. The van der Waals surface area contributed by atoms with Gasteiger partial charge in [-0.15, -0.1) is 0 Å². The Morgan fingerprint density at radius 2 is 1.56 bits per heavy atom. The van der Waals surface area contributed by atoms with E-state index in [0.29, 0.717) is 29.2 Å². The maximum Gasteiger partial charge on any atom is 0.308 e. The maximum absolute atomic E-state index is 11.5. The van der Waals surface area contributed by atoms with Gasteiger partial charge in [0, 0.05) is 37.1 Å². The Balaban J connectivity index is 1.85. The average molecular weight is 462 g/mol. The minimum Gasteiger partial charge on any atom is -0.497 e. The molecular formula is C27H26O7. The van der Waals surface area contributed by atoms with Crippen LogP contribution in [0.4, 0.5) is 0 Å². The van der Waals surface area contributed by atoms with Crippen LogP contribution in [0.25, 0.3) is 6.08 Å². The van der Waals surface area contributed by atoms with E-state index in [-0.39, 0.29) is 11.5 Å². The number of rotatable bonds is 9. The molecule has 0 saturated heterocycles. The van der Waals surface area contributed by atoms with Crippen molar-refractivity contribution < 1.29 is 33.6 Å². The summed E-state index contributed by atoms with van der Waals surface area (Å²) in [6.07, 6.45) is 2.14. The number of ether oxygens (including phenoxy) is 4. The second-order valence-corrected chi connectivity index (χ2v) is 7.37. The average Bonchev–Trinajstić information content (AvgIpc) is 2.81. The maximum atomic E-state index is 11.5. The van der Waals surface area contributed by atoms with E-state index in [0.717, 1.165) is 5.56 Å². The van der Waals surface area contributed by atoms with Crippen LogP contribution in [0.1, 0.15) is 36.6 Å². The van der Waals surface area contributed by atoms with Crippen LogP contribution < -0.4 is 18.9 Å². The molecule has 176 valence electrons. The van der Waals surface area contributed by atoms with E-state index in [1.807, 2.05) is 30.3 Å². The molecule has 1 atom stereocenters. The van der Waals surface area contributed by atoms with Gasteiger partial charge in [0.25, 0.3) is 0 Å². The zero-order chi connectivity index (χ0) is 24.5. The van der Waals surface area contributed by atoms with E-state index in [2.05, 4.69) is 0 Å². The second-order valence-electron chi connectivity index (χ2n) is 7.37. The molecule has 0 fully saturated rings. The molecule has 0 aliphatic heterocycles. The summed E-state index contributed by atoms with van der Waals surface area (Å²) in [5, 5.41) is 10.9. The molecular weight excluding hydrogens is 436 g/mol. The lowest BCUT2D eigenvalue weighted by molar-refractivity contribution is -0.132. The molecule has 1 N–H and O–H groups in total. The minimum absolute atomic E-state index is 0.199. The number of hydrogen-bond acceptors (Lipinski definition) is 7. The Hall–Kier alpha value is -4.10. The van der Waals surface area contributed by atoms with E-state index in [1.54, 1.807) is 49.6 Å². The standard InChI is InChI=1S/C27H26O7/c1-18(28)33-23-11-9-21(26(16-23)34-19(2)29)10-14-25(30)24-13-12-22(31-3)15-27(24)32-17-20-7-5-4-6-8-20/h4-16,25,30H,17H2,1-3H3. The van der Waals surface area contributed by atoms with Crippen molar-refractivity contribution in [2.75, 3.05) is 7.11 Å². The smallest absolute Gasteiger partial charge is 0.308 e. The van der Waals surface area contributed by atoms with Crippen molar-refractivity contribution in [3.8, 4) is 23.0 Å². The highest BCUT2D eigenvalue weighted by Gasteiger charge is 2.14. The van der Waals surface area contributed by atoms with Gasteiger partial charge >= 0.3 is 11.9 Å². The Bertz CT molecular complexity index is 1170. The molecule has 0 aliphatic carbocycles. The van der Waals surface area contributed by atoms with E-state index >= 15 is 0 Å². The molecule has 0 spiro atoms. The van der Waals surface area contributed by atoms with Gasteiger partial charge in [-0.05, 0) is 29.8 Å². The third-order valence-corrected chi connectivity index (χ3v) is 4.73. The van der Waals surface area contributed by atoms with Gasteiger partial charge in [0.15, 0.2) is 0 Å². The Morgan fingerprint density at radius 1 is 0.882 bits per heavy atom. The molecule has 7 nitrogen and oxygen atoms in total. The largest absolute Gasteiger partial charge is 0.497 e.